The first-order valence-corrected chi connectivity index (χ1v) is 5.99. The summed E-state index contributed by atoms with van der Waals surface area (Å²) < 4.78 is 10.4. The summed E-state index contributed by atoms with van der Waals surface area (Å²) in [5.74, 6) is 1.16. The quantitative estimate of drug-likeness (QED) is 0.788. The van der Waals surface area contributed by atoms with E-state index in [0.717, 1.165) is 5.56 Å². The molecule has 0 saturated carbocycles. The first-order valence-electron chi connectivity index (χ1n) is 5.99. The molecule has 3 nitrogen and oxygen atoms in total. The molecule has 0 N–H and O–H groups in total. The Labute approximate surface area is 112 Å². The van der Waals surface area contributed by atoms with Crippen LogP contribution >= 0.6 is 0 Å². The number of hydrogen-bond donors (Lipinski definition) is 0. The van der Waals surface area contributed by atoms with Gasteiger partial charge in [0.15, 0.2) is 17.3 Å². The van der Waals surface area contributed by atoms with E-state index in [1.54, 1.807) is 32.4 Å². The lowest BCUT2D eigenvalue weighted by Gasteiger charge is -2.10. The van der Waals surface area contributed by atoms with E-state index in [0.29, 0.717) is 22.6 Å². The van der Waals surface area contributed by atoms with Crippen LogP contribution in [0.5, 0.6) is 11.5 Å². The van der Waals surface area contributed by atoms with Crippen molar-refractivity contribution in [2.45, 2.75) is 6.92 Å². The Bertz CT molecular complexity index is 603. The van der Waals surface area contributed by atoms with E-state index in [4.69, 9.17) is 9.47 Å². The van der Waals surface area contributed by atoms with Gasteiger partial charge in [-0.1, -0.05) is 24.3 Å². The second kappa shape index (κ2) is 5.57. The molecule has 0 saturated heterocycles. The van der Waals surface area contributed by atoms with E-state index in [-0.39, 0.29) is 5.78 Å². The maximum absolute atomic E-state index is 12.4. The number of carbonyl (C=O) groups excluding carboxylic acids is 1. The highest BCUT2D eigenvalue weighted by atomic mass is 16.5. The Morgan fingerprint density at radius 1 is 0.947 bits per heavy atom. The monoisotopic (exact) mass is 256 g/mol. The van der Waals surface area contributed by atoms with E-state index in [1.807, 2.05) is 31.2 Å². The van der Waals surface area contributed by atoms with Crippen LogP contribution in [0, 0.1) is 6.92 Å². The molecular formula is C16H16O3. The molecule has 0 fully saturated rings. The Balaban J connectivity index is 2.42. The van der Waals surface area contributed by atoms with Gasteiger partial charge in [-0.25, -0.2) is 0 Å². The minimum Gasteiger partial charge on any atom is -0.493 e. The van der Waals surface area contributed by atoms with Gasteiger partial charge in [-0.15, -0.1) is 0 Å². The summed E-state index contributed by atoms with van der Waals surface area (Å²) in [4.78, 5) is 12.4. The zero-order chi connectivity index (χ0) is 13.8. The van der Waals surface area contributed by atoms with Crippen LogP contribution in [0.15, 0.2) is 42.5 Å². The van der Waals surface area contributed by atoms with Gasteiger partial charge in [0.1, 0.15) is 0 Å². The van der Waals surface area contributed by atoms with Crippen molar-refractivity contribution in [2.24, 2.45) is 0 Å². The van der Waals surface area contributed by atoms with E-state index in [9.17, 15) is 4.79 Å². The van der Waals surface area contributed by atoms with Crippen molar-refractivity contribution in [1.29, 1.82) is 0 Å². The molecule has 0 amide bonds. The van der Waals surface area contributed by atoms with Crippen molar-refractivity contribution in [3.63, 3.8) is 0 Å². The average molecular weight is 256 g/mol. The van der Waals surface area contributed by atoms with Gasteiger partial charge in [-0.2, -0.15) is 0 Å². The molecule has 0 aliphatic rings. The largest absolute Gasteiger partial charge is 0.493 e. The summed E-state index contributed by atoms with van der Waals surface area (Å²) in [6.07, 6.45) is 0. The molecule has 0 aliphatic carbocycles. The van der Waals surface area contributed by atoms with E-state index < -0.39 is 0 Å². The van der Waals surface area contributed by atoms with Crippen LogP contribution in [-0.4, -0.2) is 20.0 Å². The predicted octanol–water partition coefficient (Wildman–Crippen LogP) is 3.24. The molecule has 0 aliphatic heterocycles. The first kappa shape index (κ1) is 13.1. The summed E-state index contributed by atoms with van der Waals surface area (Å²) in [7, 11) is 3.13. The van der Waals surface area contributed by atoms with E-state index in [2.05, 4.69) is 0 Å². The van der Waals surface area contributed by atoms with Crippen LogP contribution in [0.4, 0.5) is 0 Å². The molecule has 0 aromatic heterocycles. The SMILES string of the molecule is COc1ccc(C(=O)c2ccccc2C)cc1OC. The molecule has 0 unspecified atom stereocenters. The third-order valence-corrected chi connectivity index (χ3v) is 3.04. The summed E-state index contributed by atoms with van der Waals surface area (Å²) in [5.41, 5.74) is 2.25. The zero-order valence-electron chi connectivity index (χ0n) is 11.3. The number of aryl methyl sites for hydroxylation is 1. The maximum atomic E-state index is 12.4. The summed E-state index contributed by atoms with van der Waals surface area (Å²) in [6.45, 7) is 1.92. The standard InChI is InChI=1S/C16H16O3/c1-11-6-4-5-7-13(11)16(17)12-8-9-14(18-2)15(10-12)19-3/h4-10H,1-3H3. The van der Waals surface area contributed by atoms with Crippen LogP contribution in [-0.2, 0) is 0 Å². The lowest BCUT2D eigenvalue weighted by Crippen LogP contribution is -2.04. The third-order valence-electron chi connectivity index (χ3n) is 3.04. The molecule has 2 aromatic carbocycles. The smallest absolute Gasteiger partial charge is 0.193 e. The van der Waals surface area contributed by atoms with Crippen LogP contribution < -0.4 is 9.47 Å². The molecule has 0 heterocycles. The molecule has 19 heavy (non-hydrogen) atoms. The molecule has 3 heteroatoms. The zero-order valence-corrected chi connectivity index (χ0v) is 11.3. The number of benzene rings is 2. The second-order valence-corrected chi connectivity index (χ2v) is 4.21. The topological polar surface area (TPSA) is 35.5 Å². The Kier molecular flexibility index (Phi) is 3.85. The van der Waals surface area contributed by atoms with Crippen molar-refractivity contribution in [2.75, 3.05) is 14.2 Å². The molecule has 0 radical (unpaired) electrons. The van der Waals surface area contributed by atoms with Gasteiger partial charge in [0.25, 0.3) is 0 Å². The predicted molar refractivity (Wildman–Crippen MR) is 74.2 cm³/mol. The van der Waals surface area contributed by atoms with Gasteiger partial charge in [-0.3, -0.25) is 4.79 Å². The van der Waals surface area contributed by atoms with E-state index >= 15 is 0 Å². The fourth-order valence-electron chi connectivity index (χ4n) is 1.96. The fraction of sp³-hybridized carbons (Fsp3) is 0.188. The molecule has 0 bridgehead atoms. The van der Waals surface area contributed by atoms with Gasteiger partial charge in [0.2, 0.25) is 0 Å². The van der Waals surface area contributed by atoms with Crippen molar-refractivity contribution < 1.29 is 14.3 Å². The molecule has 0 spiro atoms. The number of carbonyl (C=O) groups is 1. The van der Waals surface area contributed by atoms with Gasteiger partial charge in [0, 0.05) is 11.1 Å². The summed E-state index contributed by atoms with van der Waals surface area (Å²) >= 11 is 0. The molecular weight excluding hydrogens is 240 g/mol. The van der Waals surface area contributed by atoms with Gasteiger partial charge < -0.3 is 9.47 Å². The third kappa shape index (κ3) is 2.60. The number of ether oxygens (including phenoxy) is 2. The summed E-state index contributed by atoms with van der Waals surface area (Å²) in [5, 5.41) is 0. The normalized spacial score (nSPS) is 10.1. The Morgan fingerprint density at radius 2 is 1.63 bits per heavy atom. The lowest BCUT2D eigenvalue weighted by atomic mass is 9.99. The summed E-state index contributed by atoms with van der Waals surface area (Å²) in [6, 6.07) is 12.7. The molecule has 2 rings (SSSR count). The average Bonchev–Trinajstić information content (AvgIpc) is 2.46. The van der Waals surface area contributed by atoms with E-state index in [1.165, 1.54) is 0 Å². The molecule has 2 aromatic rings. The Hall–Kier alpha value is -2.29. The van der Waals surface area contributed by atoms with Crippen LogP contribution in [0.2, 0.25) is 0 Å². The minimum absolute atomic E-state index is 0.0148. The number of ketones is 1. The van der Waals surface area contributed by atoms with Gasteiger partial charge >= 0.3 is 0 Å². The van der Waals surface area contributed by atoms with Crippen molar-refractivity contribution in [3.8, 4) is 11.5 Å². The first-order chi connectivity index (χ1) is 9.17. The number of hydrogen-bond acceptors (Lipinski definition) is 3. The molecule has 0 atom stereocenters. The van der Waals surface area contributed by atoms with Crippen molar-refractivity contribution in [1.82, 2.24) is 0 Å². The number of rotatable bonds is 4. The fourth-order valence-corrected chi connectivity index (χ4v) is 1.96. The molecule has 98 valence electrons. The highest BCUT2D eigenvalue weighted by molar-refractivity contribution is 6.10. The highest BCUT2D eigenvalue weighted by Crippen LogP contribution is 2.28. The van der Waals surface area contributed by atoms with Gasteiger partial charge in [0.05, 0.1) is 14.2 Å². The minimum atomic E-state index is -0.0148. The van der Waals surface area contributed by atoms with Crippen LogP contribution in [0.3, 0.4) is 0 Å². The van der Waals surface area contributed by atoms with Crippen LogP contribution in [0.1, 0.15) is 21.5 Å². The van der Waals surface area contributed by atoms with Gasteiger partial charge in [-0.05, 0) is 30.7 Å². The highest BCUT2D eigenvalue weighted by Gasteiger charge is 2.14. The van der Waals surface area contributed by atoms with Crippen molar-refractivity contribution in [3.05, 3.63) is 59.2 Å². The van der Waals surface area contributed by atoms with Crippen molar-refractivity contribution >= 4 is 5.78 Å². The van der Waals surface area contributed by atoms with Crippen LogP contribution in [0.25, 0.3) is 0 Å². The second-order valence-electron chi connectivity index (χ2n) is 4.21. The lowest BCUT2D eigenvalue weighted by molar-refractivity contribution is 0.103. The maximum Gasteiger partial charge on any atom is 0.193 e. The Morgan fingerprint density at radius 3 is 2.26 bits per heavy atom. The number of methoxy groups -OCH3 is 2.